The molecule has 1 atom stereocenters. The van der Waals surface area contributed by atoms with E-state index in [1.165, 1.54) is 25.7 Å². The highest BCUT2D eigenvalue weighted by Gasteiger charge is 2.38. The van der Waals surface area contributed by atoms with Gasteiger partial charge in [0.15, 0.2) is 0 Å². The van der Waals surface area contributed by atoms with E-state index in [4.69, 9.17) is 27.9 Å². The van der Waals surface area contributed by atoms with Crippen molar-refractivity contribution in [1.29, 1.82) is 0 Å². The molecule has 2 rings (SSSR count). The summed E-state index contributed by atoms with van der Waals surface area (Å²) in [5.74, 6) is 0. The molecule has 1 saturated carbocycles. The first-order valence-electron chi connectivity index (χ1n) is 7.77. The predicted molar refractivity (Wildman–Crippen MR) is 90.5 cm³/mol. The molecule has 1 N–H and O–H groups in total. The fraction of sp³-hybridized carbons (Fsp3) is 0.647. The molecule has 2 nitrogen and oxygen atoms in total. The molecule has 0 heterocycles. The van der Waals surface area contributed by atoms with Crippen LogP contribution in [-0.4, -0.2) is 25.8 Å². The standard InChI is InChI=1S/C17H25Cl2NO/c1-20-16(11-13-7-8-14(18)12-15(13)19)17(21-2)9-5-3-4-6-10-17/h7-8,12,16,20H,3-6,9-11H2,1-2H3. The summed E-state index contributed by atoms with van der Waals surface area (Å²) in [5.41, 5.74) is 1.04. The van der Waals surface area contributed by atoms with E-state index in [1.54, 1.807) is 0 Å². The Morgan fingerprint density at radius 1 is 1.19 bits per heavy atom. The van der Waals surface area contributed by atoms with Crippen LogP contribution in [0, 0.1) is 0 Å². The van der Waals surface area contributed by atoms with Crippen LogP contribution in [0.2, 0.25) is 10.0 Å². The maximum Gasteiger partial charge on any atom is 0.0834 e. The molecule has 0 aliphatic heterocycles. The molecule has 4 heteroatoms. The fourth-order valence-corrected chi connectivity index (χ4v) is 3.97. The molecule has 1 aromatic rings. The molecule has 0 bridgehead atoms. The molecule has 1 unspecified atom stereocenters. The summed E-state index contributed by atoms with van der Waals surface area (Å²) in [6, 6.07) is 6.01. The third kappa shape index (κ3) is 4.13. The van der Waals surface area contributed by atoms with E-state index in [9.17, 15) is 0 Å². The van der Waals surface area contributed by atoms with Crippen LogP contribution in [0.1, 0.15) is 44.1 Å². The van der Waals surface area contributed by atoms with Gasteiger partial charge >= 0.3 is 0 Å². The first-order chi connectivity index (χ1) is 10.1. The number of hydrogen-bond donors (Lipinski definition) is 1. The zero-order valence-corrected chi connectivity index (χ0v) is 14.4. The Morgan fingerprint density at radius 2 is 1.86 bits per heavy atom. The predicted octanol–water partition coefficient (Wildman–Crippen LogP) is 4.86. The van der Waals surface area contributed by atoms with Gasteiger partial charge in [0, 0.05) is 23.2 Å². The molecule has 118 valence electrons. The average Bonchev–Trinajstić information content (AvgIpc) is 2.73. The number of likely N-dealkylation sites (N-methyl/N-ethyl adjacent to an activating group) is 1. The zero-order valence-electron chi connectivity index (χ0n) is 12.9. The Morgan fingerprint density at radius 3 is 2.38 bits per heavy atom. The van der Waals surface area contributed by atoms with Crippen molar-refractivity contribution in [1.82, 2.24) is 5.32 Å². The molecule has 0 aromatic heterocycles. The van der Waals surface area contributed by atoms with Crippen LogP contribution in [0.15, 0.2) is 18.2 Å². The lowest BCUT2D eigenvalue weighted by Crippen LogP contribution is -2.52. The lowest BCUT2D eigenvalue weighted by Gasteiger charge is -2.39. The van der Waals surface area contributed by atoms with Crippen LogP contribution in [0.25, 0.3) is 0 Å². The maximum atomic E-state index is 6.34. The van der Waals surface area contributed by atoms with Gasteiger partial charge in [-0.05, 0) is 44.0 Å². The molecule has 1 aromatic carbocycles. The van der Waals surface area contributed by atoms with Gasteiger partial charge < -0.3 is 10.1 Å². The average molecular weight is 330 g/mol. The summed E-state index contributed by atoms with van der Waals surface area (Å²) in [5, 5.41) is 4.88. The summed E-state index contributed by atoms with van der Waals surface area (Å²) in [6.07, 6.45) is 8.17. The van der Waals surface area contributed by atoms with Crippen molar-refractivity contribution in [3.8, 4) is 0 Å². The van der Waals surface area contributed by atoms with Crippen molar-refractivity contribution < 1.29 is 4.74 Å². The summed E-state index contributed by atoms with van der Waals surface area (Å²) in [7, 11) is 3.86. The van der Waals surface area contributed by atoms with Gasteiger partial charge in [-0.15, -0.1) is 0 Å². The molecule has 0 amide bonds. The minimum atomic E-state index is -0.0891. The Hall–Kier alpha value is -0.280. The largest absolute Gasteiger partial charge is 0.377 e. The van der Waals surface area contributed by atoms with Gasteiger partial charge in [-0.2, -0.15) is 0 Å². The highest BCUT2D eigenvalue weighted by Crippen LogP contribution is 2.35. The van der Waals surface area contributed by atoms with Gasteiger partial charge in [0.2, 0.25) is 0 Å². The molecular weight excluding hydrogens is 305 g/mol. The lowest BCUT2D eigenvalue weighted by molar-refractivity contribution is -0.0509. The normalized spacial score (nSPS) is 20.0. The third-order valence-corrected chi connectivity index (χ3v) is 5.37. The minimum Gasteiger partial charge on any atom is -0.377 e. The van der Waals surface area contributed by atoms with Crippen molar-refractivity contribution in [3.63, 3.8) is 0 Å². The first-order valence-corrected chi connectivity index (χ1v) is 8.53. The summed E-state index contributed by atoms with van der Waals surface area (Å²) in [4.78, 5) is 0. The van der Waals surface area contributed by atoms with Crippen LogP contribution >= 0.6 is 23.2 Å². The second-order valence-corrected chi connectivity index (χ2v) is 6.81. The van der Waals surface area contributed by atoms with E-state index in [0.29, 0.717) is 5.02 Å². The monoisotopic (exact) mass is 329 g/mol. The number of halogens is 2. The molecule has 1 aliphatic carbocycles. The summed E-state index contributed by atoms with van der Waals surface area (Å²) >= 11 is 12.3. The van der Waals surface area contributed by atoms with Crippen LogP contribution < -0.4 is 5.32 Å². The maximum absolute atomic E-state index is 6.34. The van der Waals surface area contributed by atoms with Crippen molar-refractivity contribution in [2.45, 2.75) is 56.6 Å². The zero-order chi connectivity index (χ0) is 15.3. The van der Waals surface area contributed by atoms with Crippen molar-refractivity contribution >= 4 is 23.2 Å². The molecule has 1 aliphatic rings. The summed E-state index contributed by atoms with van der Waals surface area (Å²) < 4.78 is 6.02. The summed E-state index contributed by atoms with van der Waals surface area (Å²) in [6.45, 7) is 0. The number of rotatable bonds is 5. The quantitative estimate of drug-likeness (QED) is 0.778. The van der Waals surface area contributed by atoms with Gasteiger partial charge in [-0.3, -0.25) is 0 Å². The number of benzene rings is 1. The number of nitrogens with one attached hydrogen (secondary N) is 1. The molecule has 21 heavy (non-hydrogen) atoms. The van der Waals surface area contributed by atoms with Gasteiger partial charge in [0.05, 0.1) is 5.60 Å². The van der Waals surface area contributed by atoms with Crippen LogP contribution in [0.3, 0.4) is 0 Å². The molecular formula is C17H25Cl2NO. The second-order valence-electron chi connectivity index (χ2n) is 5.96. The second kappa shape index (κ2) is 7.82. The van der Waals surface area contributed by atoms with Crippen LogP contribution in [0.4, 0.5) is 0 Å². The van der Waals surface area contributed by atoms with Gasteiger partial charge in [0.1, 0.15) is 0 Å². The molecule has 1 fully saturated rings. The van der Waals surface area contributed by atoms with E-state index in [0.717, 1.165) is 29.8 Å². The highest BCUT2D eigenvalue weighted by molar-refractivity contribution is 6.35. The third-order valence-electron chi connectivity index (χ3n) is 4.78. The SMILES string of the molecule is CNC(Cc1ccc(Cl)cc1Cl)C1(OC)CCCCCC1. The van der Waals surface area contributed by atoms with Gasteiger partial charge in [-0.25, -0.2) is 0 Å². The van der Waals surface area contributed by atoms with E-state index in [2.05, 4.69) is 5.32 Å². The number of hydrogen-bond acceptors (Lipinski definition) is 2. The van der Waals surface area contributed by atoms with E-state index in [-0.39, 0.29) is 11.6 Å². The highest BCUT2D eigenvalue weighted by atomic mass is 35.5. The van der Waals surface area contributed by atoms with Gasteiger partial charge in [0.25, 0.3) is 0 Å². The lowest BCUT2D eigenvalue weighted by atomic mass is 9.82. The van der Waals surface area contributed by atoms with Gasteiger partial charge in [-0.1, -0.05) is 55.0 Å². The van der Waals surface area contributed by atoms with E-state index >= 15 is 0 Å². The van der Waals surface area contributed by atoms with E-state index in [1.807, 2.05) is 32.4 Å². The molecule has 0 radical (unpaired) electrons. The minimum absolute atomic E-state index is 0.0891. The van der Waals surface area contributed by atoms with E-state index < -0.39 is 0 Å². The topological polar surface area (TPSA) is 21.3 Å². The number of methoxy groups -OCH3 is 1. The Bertz CT molecular complexity index is 456. The van der Waals surface area contributed by atoms with Crippen LogP contribution in [0.5, 0.6) is 0 Å². The molecule has 0 spiro atoms. The smallest absolute Gasteiger partial charge is 0.0834 e. The Kier molecular flexibility index (Phi) is 6.36. The van der Waals surface area contributed by atoms with Crippen molar-refractivity contribution in [2.75, 3.05) is 14.2 Å². The molecule has 0 saturated heterocycles. The Labute approximate surface area is 138 Å². The fourth-order valence-electron chi connectivity index (χ4n) is 3.48. The first kappa shape index (κ1) is 17.1. The van der Waals surface area contributed by atoms with Crippen LogP contribution in [-0.2, 0) is 11.2 Å². The number of ether oxygens (including phenoxy) is 1. The van der Waals surface area contributed by atoms with Crippen molar-refractivity contribution in [2.24, 2.45) is 0 Å². The Balaban J connectivity index is 2.20. The van der Waals surface area contributed by atoms with Crippen molar-refractivity contribution in [3.05, 3.63) is 33.8 Å².